The Hall–Kier alpha value is -2.37. The van der Waals surface area contributed by atoms with E-state index in [-0.39, 0.29) is 11.8 Å². The molecule has 5 nitrogen and oxygen atoms in total. The number of amides is 2. The Balaban J connectivity index is 1.43. The van der Waals surface area contributed by atoms with Gasteiger partial charge in [-0.1, -0.05) is 54.1 Å². The van der Waals surface area contributed by atoms with Crippen LogP contribution in [0.5, 0.6) is 0 Å². The molecule has 2 aromatic carbocycles. The van der Waals surface area contributed by atoms with Crippen molar-refractivity contribution in [2.45, 2.75) is 31.8 Å². The summed E-state index contributed by atoms with van der Waals surface area (Å²) in [4.78, 5) is 32.2. The molecule has 2 aliphatic heterocycles. The highest BCUT2D eigenvalue weighted by Crippen LogP contribution is 2.28. The van der Waals surface area contributed by atoms with E-state index in [0.29, 0.717) is 26.1 Å². The van der Waals surface area contributed by atoms with Crippen molar-refractivity contribution >= 4 is 23.4 Å². The molecule has 2 fully saturated rings. The Labute approximate surface area is 183 Å². The minimum absolute atomic E-state index is 0.0441. The van der Waals surface area contributed by atoms with Gasteiger partial charge in [-0.05, 0) is 36.1 Å². The number of rotatable bonds is 5. The van der Waals surface area contributed by atoms with Gasteiger partial charge in [0, 0.05) is 50.7 Å². The highest BCUT2D eigenvalue weighted by molar-refractivity contribution is 6.30. The van der Waals surface area contributed by atoms with E-state index in [1.165, 1.54) is 5.56 Å². The molecule has 2 aliphatic rings. The van der Waals surface area contributed by atoms with E-state index in [0.717, 1.165) is 43.1 Å². The van der Waals surface area contributed by atoms with Crippen LogP contribution in [0.3, 0.4) is 0 Å². The van der Waals surface area contributed by atoms with E-state index in [4.69, 9.17) is 11.6 Å². The van der Waals surface area contributed by atoms with Crippen molar-refractivity contribution in [3.63, 3.8) is 0 Å². The number of carbonyl (C=O) groups excluding carboxylic acids is 2. The number of hydrogen-bond acceptors (Lipinski definition) is 3. The van der Waals surface area contributed by atoms with E-state index < -0.39 is 6.04 Å². The third-order valence-corrected chi connectivity index (χ3v) is 6.28. The van der Waals surface area contributed by atoms with Crippen LogP contribution in [-0.4, -0.2) is 59.2 Å². The number of likely N-dealkylation sites (tertiary alicyclic amines) is 1. The Morgan fingerprint density at radius 3 is 2.27 bits per heavy atom. The molecular weight excluding hydrogens is 398 g/mol. The van der Waals surface area contributed by atoms with Gasteiger partial charge in [0.15, 0.2) is 0 Å². The molecule has 6 heteroatoms. The first kappa shape index (κ1) is 20.9. The number of hydrogen-bond donors (Lipinski definition) is 0. The van der Waals surface area contributed by atoms with Crippen molar-refractivity contribution in [3.05, 3.63) is 70.7 Å². The predicted octanol–water partition coefficient (Wildman–Crippen LogP) is 3.74. The molecule has 0 spiro atoms. The summed E-state index contributed by atoms with van der Waals surface area (Å²) in [7, 11) is 0. The molecule has 30 heavy (non-hydrogen) atoms. The normalized spacial score (nSPS) is 19.0. The Morgan fingerprint density at radius 1 is 0.900 bits per heavy atom. The Morgan fingerprint density at radius 2 is 1.60 bits per heavy atom. The van der Waals surface area contributed by atoms with Crippen molar-refractivity contribution in [1.29, 1.82) is 0 Å². The first-order valence-corrected chi connectivity index (χ1v) is 11.1. The summed E-state index contributed by atoms with van der Waals surface area (Å²) in [5.74, 6) is 0.132. The van der Waals surface area contributed by atoms with Crippen LogP contribution in [0.15, 0.2) is 54.6 Å². The predicted molar refractivity (Wildman–Crippen MR) is 118 cm³/mol. The van der Waals surface area contributed by atoms with Crippen LogP contribution in [0.2, 0.25) is 5.02 Å². The van der Waals surface area contributed by atoms with Crippen LogP contribution in [0.25, 0.3) is 0 Å². The summed E-state index contributed by atoms with van der Waals surface area (Å²) in [6, 6.07) is 17.2. The molecule has 0 bridgehead atoms. The zero-order valence-electron chi connectivity index (χ0n) is 17.2. The van der Waals surface area contributed by atoms with Gasteiger partial charge >= 0.3 is 0 Å². The van der Waals surface area contributed by atoms with Crippen LogP contribution < -0.4 is 0 Å². The van der Waals surface area contributed by atoms with Crippen LogP contribution >= 0.6 is 11.6 Å². The second kappa shape index (κ2) is 9.63. The van der Waals surface area contributed by atoms with Crippen molar-refractivity contribution in [1.82, 2.24) is 14.7 Å². The molecule has 0 aromatic heterocycles. The van der Waals surface area contributed by atoms with Crippen molar-refractivity contribution in [2.75, 3.05) is 32.7 Å². The van der Waals surface area contributed by atoms with Gasteiger partial charge in [0.05, 0.1) is 0 Å². The zero-order valence-corrected chi connectivity index (χ0v) is 17.9. The lowest BCUT2D eigenvalue weighted by molar-refractivity contribution is -0.148. The highest BCUT2D eigenvalue weighted by Gasteiger charge is 2.36. The summed E-state index contributed by atoms with van der Waals surface area (Å²) in [5, 5.41) is 0.744. The molecule has 0 saturated carbocycles. The average molecular weight is 426 g/mol. The number of nitrogens with zero attached hydrogens (tertiary/aromatic N) is 3. The molecular formula is C24H28ClN3O2. The molecule has 1 unspecified atom stereocenters. The van der Waals surface area contributed by atoms with Crippen LogP contribution in [0, 0.1) is 0 Å². The summed E-state index contributed by atoms with van der Waals surface area (Å²) in [6.07, 6.45) is 2.40. The van der Waals surface area contributed by atoms with E-state index in [1.54, 1.807) is 4.90 Å². The van der Waals surface area contributed by atoms with E-state index in [1.807, 2.05) is 59.5 Å². The molecule has 0 N–H and O–H groups in total. The lowest BCUT2D eigenvalue weighted by atomic mass is 9.99. The summed E-state index contributed by atoms with van der Waals surface area (Å²) < 4.78 is 0. The monoisotopic (exact) mass is 425 g/mol. The number of piperidine rings is 1. The van der Waals surface area contributed by atoms with Crippen molar-refractivity contribution < 1.29 is 9.59 Å². The van der Waals surface area contributed by atoms with Gasteiger partial charge in [-0.25, -0.2) is 0 Å². The van der Waals surface area contributed by atoms with Crippen LogP contribution in [-0.2, 0) is 16.1 Å². The maximum atomic E-state index is 13.5. The minimum Gasteiger partial charge on any atom is -0.338 e. The molecule has 0 radical (unpaired) electrons. The fourth-order valence-electron chi connectivity index (χ4n) is 4.34. The van der Waals surface area contributed by atoms with Gasteiger partial charge < -0.3 is 9.80 Å². The molecule has 0 aliphatic carbocycles. The van der Waals surface area contributed by atoms with Crippen LogP contribution in [0.4, 0.5) is 0 Å². The molecule has 2 heterocycles. The lowest BCUT2D eigenvalue weighted by Crippen LogP contribution is -2.53. The molecule has 1 atom stereocenters. The second-order valence-electron chi connectivity index (χ2n) is 8.09. The van der Waals surface area contributed by atoms with Gasteiger partial charge in [0.1, 0.15) is 6.04 Å². The Kier molecular flexibility index (Phi) is 6.70. The number of benzene rings is 2. The molecule has 4 rings (SSSR count). The topological polar surface area (TPSA) is 43.9 Å². The summed E-state index contributed by atoms with van der Waals surface area (Å²) in [6.45, 7) is 4.51. The quantitative estimate of drug-likeness (QED) is 0.733. The standard InChI is InChI=1S/C24H28ClN3O2/c25-21-11-9-19(10-12-21)18-26-14-16-27(17-15-26)24(30)23(20-6-2-1-3-7-20)28-13-5-4-8-22(28)29/h1-3,6-7,9-12,23H,4-5,8,13-18H2. The molecule has 158 valence electrons. The minimum atomic E-state index is -0.512. The van der Waals surface area contributed by atoms with Crippen LogP contribution in [0.1, 0.15) is 36.4 Å². The van der Waals surface area contributed by atoms with E-state index in [2.05, 4.69) is 4.90 Å². The fourth-order valence-corrected chi connectivity index (χ4v) is 4.46. The Bertz CT molecular complexity index is 864. The van der Waals surface area contributed by atoms with Crippen molar-refractivity contribution in [2.24, 2.45) is 0 Å². The SMILES string of the molecule is O=C(C(c1ccccc1)N1CCCCC1=O)N1CCN(Cc2ccc(Cl)cc2)CC1. The maximum Gasteiger partial charge on any atom is 0.250 e. The van der Waals surface area contributed by atoms with Gasteiger partial charge in [0.2, 0.25) is 11.8 Å². The van der Waals surface area contributed by atoms with Gasteiger partial charge in [-0.3, -0.25) is 14.5 Å². The van der Waals surface area contributed by atoms with E-state index >= 15 is 0 Å². The zero-order chi connectivity index (χ0) is 20.9. The molecule has 2 saturated heterocycles. The largest absolute Gasteiger partial charge is 0.338 e. The summed E-state index contributed by atoms with van der Waals surface area (Å²) in [5.41, 5.74) is 2.13. The van der Waals surface area contributed by atoms with Crippen molar-refractivity contribution in [3.8, 4) is 0 Å². The maximum absolute atomic E-state index is 13.5. The third-order valence-electron chi connectivity index (χ3n) is 6.02. The fraction of sp³-hybridized carbons (Fsp3) is 0.417. The van der Waals surface area contributed by atoms with E-state index in [9.17, 15) is 9.59 Å². The smallest absolute Gasteiger partial charge is 0.250 e. The first-order valence-electron chi connectivity index (χ1n) is 10.7. The number of carbonyl (C=O) groups is 2. The summed E-state index contributed by atoms with van der Waals surface area (Å²) >= 11 is 5.98. The van der Waals surface area contributed by atoms with Gasteiger partial charge in [-0.15, -0.1) is 0 Å². The average Bonchev–Trinajstić information content (AvgIpc) is 2.78. The molecule has 2 aromatic rings. The van der Waals surface area contributed by atoms with Gasteiger partial charge in [-0.2, -0.15) is 0 Å². The lowest BCUT2D eigenvalue weighted by Gasteiger charge is -2.40. The second-order valence-corrected chi connectivity index (χ2v) is 8.52. The molecule has 2 amide bonds. The number of piperazine rings is 1. The highest BCUT2D eigenvalue weighted by atomic mass is 35.5. The first-order chi connectivity index (χ1) is 14.6. The number of halogens is 1. The third kappa shape index (κ3) is 4.85. The van der Waals surface area contributed by atoms with Gasteiger partial charge in [0.25, 0.3) is 0 Å².